The Bertz CT molecular complexity index is 1030. The van der Waals surface area contributed by atoms with Crippen LogP contribution in [0.25, 0.3) is 0 Å². The number of carbonyl (C=O) groups excluding carboxylic acids is 2. The first-order chi connectivity index (χ1) is 15.1. The summed E-state index contributed by atoms with van der Waals surface area (Å²) in [4.78, 5) is 30.2. The summed E-state index contributed by atoms with van der Waals surface area (Å²) in [5, 5.41) is 2.67. The monoisotopic (exact) mass is 437 g/mol. The number of amides is 3. The molecular weight excluding hydrogens is 406 g/mol. The van der Waals surface area contributed by atoms with Crippen molar-refractivity contribution in [1.82, 2.24) is 10.3 Å². The van der Waals surface area contributed by atoms with Crippen LogP contribution in [0.4, 0.5) is 10.5 Å². The highest BCUT2D eigenvalue weighted by atomic mass is 16.5. The minimum atomic E-state index is -0.935. The minimum absolute atomic E-state index is 0.0416. The summed E-state index contributed by atoms with van der Waals surface area (Å²) in [6, 6.07) is 8.75. The third-order valence-electron chi connectivity index (χ3n) is 6.33. The smallest absolute Gasteiger partial charge is 0.329 e. The molecule has 1 aromatic carbocycles. The number of benzene rings is 1. The van der Waals surface area contributed by atoms with E-state index in [4.69, 9.17) is 9.47 Å². The number of nitrogens with zero attached hydrogens (tertiary/aromatic N) is 2. The summed E-state index contributed by atoms with van der Waals surface area (Å²) < 4.78 is 12.1. The van der Waals surface area contributed by atoms with E-state index in [1.165, 1.54) is 6.20 Å². The predicted molar refractivity (Wildman–Crippen MR) is 122 cm³/mol. The van der Waals surface area contributed by atoms with E-state index < -0.39 is 11.6 Å². The SMILES string of the molecule is CC(C)CCC1(C)CCOc2cccc(Oc3ccc(N4C(=O)NC(C)(C)C4=O)cn3)c21. The lowest BCUT2D eigenvalue weighted by Crippen LogP contribution is -2.40. The van der Waals surface area contributed by atoms with E-state index in [-0.39, 0.29) is 11.3 Å². The Morgan fingerprint density at radius 3 is 2.59 bits per heavy atom. The summed E-state index contributed by atoms with van der Waals surface area (Å²) in [5.74, 6) is 2.29. The molecule has 32 heavy (non-hydrogen) atoms. The van der Waals surface area contributed by atoms with E-state index in [2.05, 4.69) is 31.1 Å². The number of fused-ring (bicyclic) bond motifs is 1. The third-order valence-corrected chi connectivity index (χ3v) is 6.33. The third kappa shape index (κ3) is 4.04. The fourth-order valence-corrected chi connectivity index (χ4v) is 4.34. The number of nitrogens with one attached hydrogen (secondary N) is 1. The molecule has 1 aromatic heterocycles. The van der Waals surface area contributed by atoms with Gasteiger partial charge in [0, 0.05) is 17.0 Å². The summed E-state index contributed by atoms with van der Waals surface area (Å²) in [7, 11) is 0. The number of rotatable bonds is 6. The van der Waals surface area contributed by atoms with Crippen LogP contribution in [0.15, 0.2) is 36.5 Å². The number of anilines is 1. The Morgan fingerprint density at radius 2 is 1.97 bits per heavy atom. The van der Waals surface area contributed by atoms with Crippen LogP contribution >= 0.6 is 0 Å². The Kier molecular flexibility index (Phi) is 5.61. The average molecular weight is 438 g/mol. The van der Waals surface area contributed by atoms with E-state index in [0.717, 1.165) is 41.2 Å². The molecule has 4 rings (SSSR count). The molecule has 2 aromatic rings. The van der Waals surface area contributed by atoms with Gasteiger partial charge in [0.1, 0.15) is 17.0 Å². The standard InChI is InChI=1S/C25H31N3O4/c1-16(2)11-12-25(5)13-14-31-18-7-6-8-19(21(18)25)32-20-10-9-17(15-26-20)28-22(29)24(3,4)27-23(28)30/h6-10,15-16H,11-14H2,1-5H3,(H,27,30). The molecule has 170 valence electrons. The lowest BCUT2D eigenvalue weighted by atomic mass is 9.73. The number of carbonyl (C=O) groups is 2. The molecule has 0 aliphatic carbocycles. The van der Waals surface area contributed by atoms with Crippen LogP contribution in [-0.4, -0.2) is 29.1 Å². The van der Waals surface area contributed by atoms with E-state index in [1.54, 1.807) is 26.0 Å². The largest absolute Gasteiger partial charge is 0.493 e. The van der Waals surface area contributed by atoms with Crippen molar-refractivity contribution in [3.63, 3.8) is 0 Å². The van der Waals surface area contributed by atoms with Crippen LogP contribution in [0, 0.1) is 5.92 Å². The van der Waals surface area contributed by atoms with Crippen LogP contribution in [0.1, 0.15) is 59.4 Å². The molecule has 7 heteroatoms. The zero-order valence-corrected chi connectivity index (χ0v) is 19.4. The Hall–Kier alpha value is -3.09. The molecule has 7 nitrogen and oxygen atoms in total. The van der Waals surface area contributed by atoms with Gasteiger partial charge in [0.15, 0.2) is 0 Å². The highest BCUT2D eigenvalue weighted by molar-refractivity contribution is 6.22. The minimum Gasteiger partial charge on any atom is -0.493 e. The van der Waals surface area contributed by atoms with Crippen molar-refractivity contribution in [2.24, 2.45) is 5.92 Å². The number of ether oxygens (including phenoxy) is 2. The van der Waals surface area contributed by atoms with Crippen molar-refractivity contribution in [1.29, 1.82) is 0 Å². The maximum absolute atomic E-state index is 12.5. The maximum atomic E-state index is 12.5. The molecule has 0 saturated carbocycles. The quantitative estimate of drug-likeness (QED) is 0.630. The molecule has 3 amide bonds. The number of imide groups is 1. The van der Waals surface area contributed by atoms with E-state index in [0.29, 0.717) is 24.1 Å². The van der Waals surface area contributed by atoms with Crippen LogP contribution in [0.5, 0.6) is 17.4 Å². The molecule has 2 aliphatic rings. The first-order valence-electron chi connectivity index (χ1n) is 11.2. The second-order valence-electron chi connectivity index (χ2n) is 9.87. The van der Waals surface area contributed by atoms with Gasteiger partial charge in [0.25, 0.3) is 5.91 Å². The first-order valence-corrected chi connectivity index (χ1v) is 11.2. The highest BCUT2D eigenvalue weighted by Crippen LogP contribution is 2.48. The van der Waals surface area contributed by atoms with Crippen LogP contribution in [0.2, 0.25) is 0 Å². The Balaban J connectivity index is 1.59. The summed E-state index contributed by atoms with van der Waals surface area (Å²) in [6.45, 7) is 10.8. The Labute approximate surface area is 189 Å². The first kappa shape index (κ1) is 22.1. The van der Waals surface area contributed by atoms with Gasteiger partial charge < -0.3 is 14.8 Å². The van der Waals surface area contributed by atoms with Crippen LogP contribution in [0.3, 0.4) is 0 Å². The van der Waals surface area contributed by atoms with Crippen molar-refractivity contribution >= 4 is 17.6 Å². The van der Waals surface area contributed by atoms with Crippen LogP contribution < -0.4 is 19.7 Å². The summed E-state index contributed by atoms with van der Waals surface area (Å²) >= 11 is 0. The van der Waals surface area contributed by atoms with Gasteiger partial charge in [-0.25, -0.2) is 14.7 Å². The zero-order valence-electron chi connectivity index (χ0n) is 19.4. The molecule has 0 bridgehead atoms. The van der Waals surface area contributed by atoms with Gasteiger partial charge in [-0.3, -0.25) is 4.79 Å². The van der Waals surface area contributed by atoms with Gasteiger partial charge in [-0.1, -0.05) is 33.3 Å². The van der Waals surface area contributed by atoms with Crippen molar-refractivity contribution in [2.45, 2.75) is 64.8 Å². The summed E-state index contributed by atoms with van der Waals surface area (Å²) in [5.41, 5.74) is 0.509. The lowest BCUT2D eigenvalue weighted by Gasteiger charge is -2.37. The molecule has 1 saturated heterocycles. The van der Waals surface area contributed by atoms with E-state index in [9.17, 15) is 9.59 Å². The fraction of sp³-hybridized carbons (Fsp3) is 0.480. The number of hydrogen-bond donors (Lipinski definition) is 1. The number of hydrogen-bond acceptors (Lipinski definition) is 5. The second-order valence-corrected chi connectivity index (χ2v) is 9.87. The molecule has 1 unspecified atom stereocenters. The molecule has 2 aliphatic heterocycles. The zero-order chi connectivity index (χ0) is 23.1. The summed E-state index contributed by atoms with van der Waals surface area (Å²) in [6.07, 6.45) is 4.59. The fourth-order valence-electron chi connectivity index (χ4n) is 4.34. The molecular formula is C25H31N3O4. The molecule has 0 spiro atoms. The predicted octanol–water partition coefficient (Wildman–Crippen LogP) is 5.19. The number of pyridine rings is 1. The van der Waals surface area contributed by atoms with Crippen molar-refractivity contribution in [3.05, 3.63) is 42.1 Å². The topological polar surface area (TPSA) is 80.8 Å². The average Bonchev–Trinajstić information content (AvgIpc) is 2.94. The number of urea groups is 1. The van der Waals surface area contributed by atoms with Gasteiger partial charge in [-0.05, 0) is 50.8 Å². The van der Waals surface area contributed by atoms with Gasteiger partial charge in [0.2, 0.25) is 5.88 Å². The van der Waals surface area contributed by atoms with Gasteiger partial charge in [-0.2, -0.15) is 0 Å². The number of aromatic nitrogens is 1. The van der Waals surface area contributed by atoms with Crippen molar-refractivity contribution in [3.8, 4) is 17.4 Å². The van der Waals surface area contributed by atoms with Gasteiger partial charge >= 0.3 is 6.03 Å². The second kappa shape index (κ2) is 8.11. The molecule has 1 atom stereocenters. The Morgan fingerprint density at radius 1 is 1.19 bits per heavy atom. The van der Waals surface area contributed by atoms with Crippen molar-refractivity contribution < 1.29 is 19.1 Å². The van der Waals surface area contributed by atoms with Gasteiger partial charge in [-0.15, -0.1) is 0 Å². The lowest BCUT2D eigenvalue weighted by molar-refractivity contribution is -0.121. The molecule has 1 N–H and O–H groups in total. The van der Waals surface area contributed by atoms with Crippen molar-refractivity contribution in [2.75, 3.05) is 11.5 Å². The van der Waals surface area contributed by atoms with E-state index >= 15 is 0 Å². The van der Waals surface area contributed by atoms with Gasteiger partial charge in [0.05, 0.1) is 18.5 Å². The molecule has 3 heterocycles. The molecule has 0 radical (unpaired) electrons. The van der Waals surface area contributed by atoms with Crippen LogP contribution in [-0.2, 0) is 10.2 Å². The molecule has 1 fully saturated rings. The van der Waals surface area contributed by atoms with E-state index in [1.807, 2.05) is 18.2 Å². The highest BCUT2D eigenvalue weighted by Gasteiger charge is 2.45. The maximum Gasteiger partial charge on any atom is 0.329 e. The normalized spacial score (nSPS) is 21.9.